The maximum Gasteiger partial charge on any atom is 0.118 e. The third-order valence-electron chi connectivity index (χ3n) is 3.28. The molecule has 1 saturated carbocycles. The van der Waals surface area contributed by atoms with E-state index in [2.05, 4.69) is 12.1 Å². The molecule has 0 aromatic heterocycles. The molecule has 0 heterocycles. The number of aliphatic hydroxyl groups excluding tert-OH is 1. The van der Waals surface area contributed by atoms with Crippen molar-refractivity contribution in [3.63, 3.8) is 0 Å². The van der Waals surface area contributed by atoms with Crippen molar-refractivity contribution in [3.8, 4) is 5.75 Å². The van der Waals surface area contributed by atoms with Crippen LogP contribution >= 0.6 is 0 Å². The molecule has 0 spiro atoms. The van der Waals surface area contributed by atoms with Crippen LogP contribution in [0.4, 0.5) is 0 Å². The van der Waals surface area contributed by atoms with E-state index in [0.717, 1.165) is 31.4 Å². The molecule has 82 valence electrons. The van der Waals surface area contributed by atoms with Gasteiger partial charge in [0.2, 0.25) is 0 Å². The summed E-state index contributed by atoms with van der Waals surface area (Å²) in [4.78, 5) is 0. The van der Waals surface area contributed by atoms with Crippen LogP contribution < -0.4 is 4.74 Å². The lowest BCUT2D eigenvalue weighted by molar-refractivity contribution is 0.122. The zero-order chi connectivity index (χ0) is 10.7. The molecule has 0 saturated heterocycles. The number of ether oxygens (including phenoxy) is 1. The summed E-state index contributed by atoms with van der Waals surface area (Å²) < 4.78 is 5.13. The van der Waals surface area contributed by atoms with Crippen molar-refractivity contribution >= 4 is 0 Å². The Morgan fingerprint density at radius 3 is 2.20 bits per heavy atom. The van der Waals surface area contributed by atoms with E-state index < -0.39 is 0 Å². The summed E-state index contributed by atoms with van der Waals surface area (Å²) in [7, 11) is 1.69. The summed E-state index contributed by atoms with van der Waals surface area (Å²) in [5, 5.41) is 9.44. The van der Waals surface area contributed by atoms with E-state index in [0.29, 0.717) is 5.92 Å². The zero-order valence-corrected chi connectivity index (χ0v) is 9.15. The fourth-order valence-electron chi connectivity index (χ4n) is 2.29. The zero-order valence-electron chi connectivity index (χ0n) is 9.15. The maximum atomic E-state index is 9.44. The first-order valence-electron chi connectivity index (χ1n) is 5.61. The summed E-state index contributed by atoms with van der Waals surface area (Å²) in [5.41, 5.74) is 1.38. The highest BCUT2D eigenvalue weighted by Crippen LogP contribution is 2.33. The first kappa shape index (κ1) is 10.5. The van der Waals surface area contributed by atoms with Gasteiger partial charge in [-0.15, -0.1) is 0 Å². The van der Waals surface area contributed by atoms with Gasteiger partial charge >= 0.3 is 0 Å². The fraction of sp³-hybridized carbons (Fsp3) is 0.538. The fourth-order valence-corrected chi connectivity index (χ4v) is 2.29. The first-order chi connectivity index (χ1) is 7.29. The van der Waals surface area contributed by atoms with Gasteiger partial charge in [-0.3, -0.25) is 0 Å². The van der Waals surface area contributed by atoms with Gasteiger partial charge in [-0.1, -0.05) is 12.1 Å². The summed E-state index contributed by atoms with van der Waals surface area (Å²) in [6.45, 7) is 0. The molecule has 1 aliphatic carbocycles. The van der Waals surface area contributed by atoms with Crippen LogP contribution in [0.3, 0.4) is 0 Å². The second-order valence-electron chi connectivity index (χ2n) is 4.28. The van der Waals surface area contributed by atoms with E-state index in [1.54, 1.807) is 7.11 Å². The summed E-state index contributed by atoms with van der Waals surface area (Å²) in [6.07, 6.45) is 4.02. The maximum absolute atomic E-state index is 9.44. The van der Waals surface area contributed by atoms with E-state index in [4.69, 9.17) is 4.74 Å². The van der Waals surface area contributed by atoms with E-state index in [9.17, 15) is 5.11 Å². The van der Waals surface area contributed by atoms with Gasteiger partial charge in [0, 0.05) is 0 Å². The first-order valence-corrected chi connectivity index (χ1v) is 5.61. The third-order valence-corrected chi connectivity index (χ3v) is 3.28. The molecule has 1 aromatic carbocycles. The highest BCUT2D eigenvalue weighted by atomic mass is 16.5. The van der Waals surface area contributed by atoms with Gasteiger partial charge in [-0.25, -0.2) is 0 Å². The van der Waals surface area contributed by atoms with Crippen LogP contribution in [-0.2, 0) is 0 Å². The molecular weight excluding hydrogens is 188 g/mol. The number of benzene rings is 1. The molecule has 2 rings (SSSR count). The Kier molecular flexibility index (Phi) is 3.27. The highest BCUT2D eigenvalue weighted by Gasteiger charge is 2.20. The smallest absolute Gasteiger partial charge is 0.118 e. The Balaban J connectivity index is 2.03. The van der Waals surface area contributed by atoms with E-state index in [1.807, 2.05) is 12.1 Å². The minimum absolute atomic E-state index is 0.0699. The average Bonchev–Trinajstić information content (AvgIpc) is 2.30. The van der Waals surface area contributed by atoms with Gasteiger partial charge in [0.25, 0.3) is 0 Å². The predicted molar refractivity (Wildman–Crippen MR) is 60.2 cm³/mol. The van der Waals surface area contributed by atoms with Crippen molar-refractivity contribution in [2.45, 2.75) is 37.7 Å². The van der Waals surface area contributed by atoms with Gasteiger partial charge in [0.05, 0.1) is 13.2 Å². The number of methoxy groups -OCH3 is 1. The molecular formula is C13H18O2. The standard InChI is InChI=1S/C13H18O2/c1-15-13-8-4-11(5-9-13)10-2-6-12(14)7-3-10/h4-5,8-10,12,14H,2-3,6-7H2,1H3/t10-,12+. The molecule has 0 bridgehead atoms. The van der Waals surface area contributed by atoms with E-state index in [1.165, 1.54) is 5.56 Å². The molecule has 2 nitrogen and oxygen atoms in total. The van der Waals surface area contributed by atoms with Gasteiger partial charge in [0.15, 0.2) is 0 Å². The van der Waals surface area contributed by atoms with Crippen LogP contribution in [0.5, 0.6) is 5.75 Å². The summed E-state index contributed by atoms with van der Waals surface area (Å²) in [6, 6.07) is 8.31. The van der Waals surface area contributed by atoms with Crippen LogP contribution in [-0.4, -0.2) is 18.3 Å². The van der Waals surface area contributed by atoms with Crippen molar-refractivity contribution in [1.82, 2.24) is 0 Å². The van der Waals surface area contributed by atoms with Crippen LogP contribution in [0.15, 0.2) is 24.3 Å². The van der Waals surface area contributed by atoms with Crippen LogP contribution in [0.2, 0.25) is 0 Å². The summed E-state index contributed by atoms with van der Waals surface area (Å²) in [5.74, 6) is 1.54. The van der Waals surface area contributed by atoms with Gasteiger partial charge in [-0.2, -0.15) is 0 Å². The number of aliphatic hydroxyl groups is 1. The second-order valence-corrected chi connectivity index (χ2v) is 4.28. The van der Waals surface area contributed by atoms with Crippen molar-refractivity contribution in [2.24, 2.45) is 0 Å². The largest absolute Gasteiger partial charge is 0.497 e. The Morgan fingerprint density at radius 2 is 1.67 bits per heavy atom. The molecule has 1 aromatic rings. The quantitative estimate of drug-likeness (QED) is 0.806. The Hall–Kier alpha value is -1.02. The molecule has 0 amide bonds. The number of rotatable bonds is 2. The molecule has 2 heteroatoms. The van der Waals surface area contributed by atoms with Crippen LogP contribution in [0, 0.1) is 0 Å². The SMILES string of the molecule is COc1ccc([C@H]2CC[C@@H](O)CC2)cc1. The Morgan fingerprint density at radius 1 is 1.07 bits per heavy atom. The minimum atomic E-state index is -0.0699. The van der Waals surface area contributed by atoms with Crippen LogP contribution in [0.25, 0.3) is 0 Å². The van der Waals surface area contributed by atoms with Crippen molar-refractivity contribution < 1.29 is 9.84 Å². The highest BCUT2D eigenvalue weighted by molar-refractivity contribution is 5.29. The summed E-state index contributed by atoms with van der Waals surface area (Å²) >= 11 is 0. The molecule has 1 fully saturated rings. The molecule has 0 radical (unpaired) electrons. The number of hydrogen-bond donors (Lipinski definition) is 1. The lowest BCUT2D eigenvalue weighted by Gasteiger charge is -2.25. The molecule has 0 aliphatic heterocycles. The Bertz CT molecular complexity index is 297. The van der Waals surface area contributed by atoms with Crippen molar-refractivity contribution in [2.75, 3.05) is 7.11 Å². The van der Waals surface area contributed by atoms with Crippen molar-refractivity contribution in [3.05, 3.63) is 29.8 Å². The Labute approximate surface area is 90.9 Å². The van der Waals surface area contributed by atoms with Gasteiger partial charge < -0.3 is 9.84 Å². The lowest BCUT2D eigenvalue weighted by Crippen LogP contribution is -2.16. The predicted octanol–water partition coefficient (Wildman–Crippen LogP) is 2.71. The lowest BCUT2D eigenvalue weighted by atomic mass is 9.83. The van der Waals surface area contributed by atoms with E-state index >= 15 is 0 Å². The average molecular weight is 206 g/mol. The molecule has 1 aliphatic rings. The molecule has 0 unspecified atom stereocenters. The van der Waals surface area contributed by atoms with Crippen molar-refractivity contribution in [1.29, 1.82) is 0 Å². The molecule has 0 atom stereocenters. The second kappa shape index (κ2) is 4.67. The van der Waals surface area contributed by atoms with E-state index in [-0.39, 0.29) is 6.10 Å². The van der Waals surface area contributed by atoms with Crippen LogP contribution in [0.1, 0.15) is 37.2 Å². The minimum Gasteiger partial charge on any atom is -0.497 e. The normalized spacial score (nSPS) is 26.3. The molecule has 1 N–H and O–H groups in total. The third kappa shape index (κ3) is 2.51. The topological polar surface area (TPSA) is 29.5 Å². The monoisotopic (exact) mass is 206 g/mol. The van der Waals surface area contributed by atoms with Gasteiger partial charge in [-0.05, 0) is 49.3 Å². The molecule has 15 heavy (non-hydrogen) atoms. The number of hydrogen-bond acceptors (Lipinski definition) is 2. The van der Waals surface area contributed by atoms with Gasteiger partial charge in [0.1, 0.15) is 5.75 Å².